The van der Waals surface area contributed by atoms with E-state index in [-0.39, 0.29) is 28.8 Å². The maximum Gasteiger partial charge on any atom is 0.243 e. The molecule has 0 aromatic carbocycles. The number of aliphatic carboxylic acids is 1. The molecule has 4 heterocycles. The molecular formula is C19H26N4O4S. The van der Waals surface area contributed by atoms with Crippen molar-refractivity contribution in [1.82, 2.24) is 14.8 Å². The minimum Gasteiger partial charge on any atom is -0.543 e. The topological polar surface area (TPSA) is 102 Å². The van der Waals surface area contributed by atoms with E-state index in [9.17, 15) is 19.8 Å². The summed E-state index contributed by atoms with van der Waals surface area (Å²) in [6, 6.07) is 0.0328. The lowest BCUT2D eigenvalue weighted by Gasteiger charge is -2.47. The van der Waals surface area contributed by atoms with Crippen molar-refractivity contribution >= 4 is 23.6 Å². The number of aromatic nitrogens is 2. The zero-order valence-corrected chi connectivity index (χ0v) is 17.1. The van der Waals surface area contributed by atoms with Gasteiger partial charge in [0.2, 0.25) is 12.2 Å². The Balaban J connectivity index is 1.46. The maximum atomic E-state index is 12.4. The third-order valence-electron chi connectivity index (χ3n) is 6.03. The second-order valence-electron chi connectivity index (χ2n) is 8.11. The van der Waals surface area contributed by atoms with Crippen molar-refractivity contribution in [1.29, 1.82) is 0 Å². The van der Waals surface area contributed by atoms with Crippen LogP contribution in [0.4, 0.5) is 0 Å². The van der Waals surface area contributed by atoms with Crippen LogP contribution in [-0.4, -0.2) is 56.4 Å². The lowest BCUT2D eigenvalue weighted by atomic mass is 9.79. The van der Waals surface area contributed by atoms with Gasteiger partial charge in [-0.05, 0) is 13.3 Å². The van der Waals surface area contributed by atoms with Crippen LogP contribution < -0.4 is 15.0 Å². The van der Waals surface area contributed by atoms with E-state index < -0.39 is 18.0 Å². The fourth-order valence-corrected chi connectivity index (χ4v) is 6.24. The van der Waals surface area contributed by atoms with Gasteiger partial charge in [0.15, 0.2) is 0 Å². The molecule has 152 valence electrons. The van der Waals surface area contributed by atoms with E-state index in [0.717, 1.165) is 19.5 Å². The number of amides is 1. The number of thioether (sulfide) groups is 1. The summed E-state index contributed by atoms with van der Waals surface area (Å²) < 4.78 is 4.13. The summed E-state index contributed by atoms with van der Waals surface area (Å²) in [7, 11) is 1.98. The van der Waals surface area contributed by atoms with Gasteiger partial charge in [0.05, 0.1) is 36.8 Å². The maximum absolute atomic E-state index is 12.4. The number of carbonyl (C=O) groups is 2. The van der Waals surface area contributed by atoms with Crippen molar-refractivity contribution in [3.63, 3.8) is 0 Å². The molecule has 8 nitrogen and oxygen atoms in total. The number of nitrogens with one attached hydrogen (secondary N) is 1. The van der Waals surface area contributed by atoms with Crippen LogP contribution in [0.25, 0.3) is 0 Å². The van der Waals surface area contributed by atoms with Crippen LogP contribution in [0.15, 0.2) is 29.3 Å². The molecule has 3 aliphatic heterocycles. The molecule has 0 bridgehead atoms. The molecule has 1 amide bonds. The summed E-state index contributed by atoms with van der Waals surface area (Å²) in [6.45, 7) is 5.18. The number of hydrogen-bond acceptors (Lipinski definition) is 6. The van der Waals surface area contributed by atoms with Crippen LogP contribution in [0, 0.1) is 11.8 Å². The highest BCUT2D eigenvalue weighted by atomic mass is 32.2. The number of hydrogen-bond donors (Lipinski definition) is 2. The van der Waals surface area contributed by atoms with Crippen molar-refractivity contribution in [3.05, 3.63) is 29.3 Å². The Hall–Kier alpha value is -1.84. The molecular weight excluding hydrogens is 380 g/mol. The standard InChI is InChI=1S/C19H26N4O4S/c1-10-15-14(11(2)24)18(25)23(15)16(19(26)27)17(10)28-13-6-12(20-7-13)8-22-5-4-21(3)9-22/h4-5,9-15,20,24H,6-8H2,1-3H3/t10-,11-,12+,13+,14-,15-/m1/s1. The predicted octanol–water partition coefficient (Wildman–Crippen LogP) is -1.40. The molecule has 0 aliphatic carbocycles. The highest BCUT2D eigenvalue weighted by Crippen LogP contribution is 2.51. The summed E-state index contributed by atoms with van der Waals surface area (Å²) in [6.07, 6.45) is 6.19. The first-order chi connectivity index (χ1) is 13.3. The zero-order valence-electron chi connectivity index (χ0n) is 16.2. The van der Waals surface area contributed by atoms with E-state index in [1.807, 2.05) is 37.3 Å². The first-order valence-corrected chi connectivity index (χ1v) is 10.5. The normalized spacial score (nSPS) is 33.2. The van der Waals surface area contributed by atoms with Gasteiger partial charge in [0, 0.05) is 28.7 Å². The van der Waals surface area contributed by atoms with Crippen molar-refractivity contribution < 1.29 is 24.4 Å². The Kier molecular flexibility index (Phi) is 5.01. The summed E-state index contributed by atoms with van der Waals surface area (Å²) in [5, 5.41) is 25.5. The fraction of sp³-hybridized carbons (Fsp3) is 0.632. The third-order valence-corrected chi connectivity index (χ3v) is 7.54. The number of aryl methyl sites for hydroxylation is 1. The SMILES string of the molecule is C[C@@H](O)[C@H]1C(=O)N2C(C(=O)[O-])=C(S[C@@H]3CN[C@H](Cn4cc[n+](C)c4)C3)[C@H](C)[C@H]12. The Morgan fingerprint density at radius 1 is 1.54 bits per heavy atom. The van der Waals surface area contributed by atoms with Crippen LogP contribution in [0.5, 0.6) is 0 Å². The first-order valence-electron chi connectivity index (χ1n) is 9.65. The van der Waals surface area contributed by atoms with E-state index in [1.54, 1.807) is 18.7 Å². The van der Waals surface area contributed by atoms with Gasteiger partial charge in [-0.1, -0.05) is 6.92 Å². The molecule has 6 atom stereocenters. The number of carboxylic acid groups (broad SMARTS) is 1. The molecule has 28 heavy (non-hydrogen) atoms. The number of carbonyl (C=O) groups excluding carboxylic acids is 2. The largest absolute Gasteiger partial charge is 0.543 e. The smallest absolute Gasteiger partial charge is 0.243 e. The fourth-order valence-electron chi connectivity index (χ4n) is 4.72. The number of imidazole rings is 1. The van der Waals surface area contributed by atoms with Crippen molar-refractivity contribution in [2.75, 3.05) is 6.54 Å². The lowest BCUT2D eigenvalue weighted by Crippen LogP contribution is -2.64. The number of carboxylic acids is 1. The van der Waals surface area contributed by atoms with Crippen molar-refractivity contribution in [2.24, 2.45) is 18.9 Å². The monoisotopic (exact) mass is 406 g/mol. The van der Waals surface area contributed by atoms with Crippen LogP contribution in [0.2, 0.25) is 0 Å². The first kappa shape index (κ1) is 19.5. The Morgan fingerprint density at radius 3 is 2.89 bits per heavy atom. The molecule has 1 aromatic heterocycles. The van der Waals surface area contributed by atoms with Crippen LogP contribution in [0.3, 0.4) is 0 Å². The van der Waals surface area contributed by atoms with E-state index in [0.29, 0.717) is 10.9 Å². The summed E-state index contributed by atoms with van der Waals surface area (Å²) in [5.41, 5.74) is 0.00489. The average Bonchev–Trinajstić information content (AvgIpc) is 3.28. The number of aliphatic hydroxyl groups excluding tert-OH is 1. The summed E-state index contributed by atoms with van der Waals surface area (Å²) >= 11 is 1.55. The van der Waals surface area contributed by atoms with Gasteiger partial charge < -0.3 is 25.2 Å². The highest BCUT2D eigenvalue weighted by Gasteiger charge is 2.58. The molecule has 9 heteroatoms. The molecule has 2 N–H and O–H groups in total. The second-order valence-corrected chi connectivity index (χ2v) is 9.45. The molecule has 0 saturated carbocycles. The van der Waals surface area contributed by atoms with Gasteiger partial charge in [-0.3, -0.25) is 4.79 Å². The van der Waals surface area contributed by atoms with Crippen molar-refractivity contribution in [3.8, 4) is 0 Å². The van der Waals surface area contributed by atoms with E-state index in [2.05, 4.69) is 9.88 Å². The van der Waals surface area contributed by atoms with E-state index >= 15 is 0 Å². The molecule has 2 saturated heterocycles. The molecule has 3 aliphatic rings. The number of β-lactam (4-membered cyclic amide) rings is 1. The minimum absolute atomic E-state index is 0.00489. The number of rotatable bonds is 6. The predicted molar refractivity (Wildman–Crippen MR) is 100 cm³/mol. The average molecular weight is 407 g/mol. The summed E-state index contributed by atoms with van der Waals surface area (Å²) in [4.78, 5) is 26.2. The Labute approximate surface area is 168 Å². The zero-order chi connectivity index (χ0) is 20.2. The Morgan fingerprint density at radius 2 is 2.29 bits per heavy atom. The van der Waals surface area contributed by atoms with Gasteiger partial charge >= 0.3 is 0 Å². The van der Waals surface area contributed by atoms with Crippen LogP contribution in [-0.2, 0) is 23.2 Å². The van der Waals surface area contributed by atoms with Crippen molar-refractivity contribution in [2.45, 2.75) is 50.3 Å². The molecule has 2 fully saturated rings. The number of fused-ring (bicyclic) bond motifs is 1. The van der Waals surface area contributed by atoms with Crippen LogP contribution in [0.1, 0.15) is 20.3 Å². The van der Waals surface area contributed by atoms with Gasteiger partial charge in [-0.2, -0.15) is 0 Å². The van der Waals surface area contributed by atoms with Gasteiger partial charge in [0.1, 0.15) is 18.9 Å². The minimum atomic E-state index is -1.31. The molecule has 0 radical (unpaired) electrons. The molecule has 1 aromatic rings. The second kappa shape index (κ2) is 7.20. The Bertz CT molecular complexity index is 836. The highest BCUT2D eigenvalue weighted by molar-refractivity contribution is 8.03. The quantitative estimate of drug-likeness (QED) is 0.445. The number of nitrogens with zero attached hydrogens (tertiary/aromatic N) is 3. The van der Waals surface area contributed by atoms with Gasteiger partial charge in [0.25, 0.3) is 0 Å². The molecule has 0 spiro atoms. The van der Waals surface area contributed by atoms with E-state index in [4.69, 9.17) is 0 Å². The molecule has 0 unspecified atom stereocenters. The lowest BCUT2D eigenvalue weighted by molar-refractivity contribution is -0.671. The third kappa shape index (κ3) is 3.15. The number of aliphatic hydroxyl groups is 1. The van der Waals surface area contributed by atoms with Gasteiger partial charge in [-0.15, -0.1) is 11.8 Å². The molecule has 4 rings (SSSR count). The van der Waals surface area contributed by atoms with E-state index in [1.165, 1.54) is 4.90 Å². The van der Waals surface area contributed by atoms with Crippen LogP contribution >= 0.6 is 11.8 Å². The van der Waals surface area contributed by atoms with Gasteiger partial charge in [-0.25, -0.2) is 9.13 Å². The summed E-state index contributed by atoms with van der Waals surface area (Å²) in [5.74, 6) is -2.27.